The minimum atomic E-state index is -3.04. The molecule has 406 valence electrons. The number of hydrogen-bond donors (Lipinski definition) is 6. The zero-order valence-corrected chi connectivity index (χ0v) is 43.5. The van der Waals surface area contributed by atoms with Crippen LogP contribution in [0.25, 0.3) is 5.70 Å². The van der Waals surface area contributed by atoms with Gasteiger partial charge in [-0.1, -0.05) is 65.5 Å². The fourth-order valence-corrected chi connectivity index (χ4v) is 9.26. The zero-order chi connectivity index (χ0) is 54.8. The van der Waals surface area contributed by atoms with E-state index in [1.54, 1.807) is 72.0 Å². The van der Waals surface area contributed by atoms with Crippen LogP contribution in [0.1, 0.15) is 82.2 Å². The van der Waals surface area contributed by atoms with Gasteiger partial charge in [0.05, 0.1) is 45.6 Å². The van der Waals surface area contributed by atoms with Crippen LogP contribution in [-0.2, 0) is 36.8 Å². The van der Waals surface area contributed by atoms with E-state index in [2.05, 4.69) is 48.0 Å². The predicted octanol–water partition coefficient (Wildman–Crippen LogP) is 4.87. The lowest BCUT2D eigenvalue weighted by atomic mass is 9.85. The van der Waals surface area contributed by atoms with Crippen molar-refractivity contribution in [1.82, 2.24) is 36.3 Å². The lowest BCUT2D eigenvalue weighted by Crippen LogP contribution is -2.62. The summed E-state index contributed by atoms with van der Waals surface area (Å²) in [4.78, 5) is 65.7. The topological polar surface area (TPSA) is 225 Å². The number of carbonyl (C=O) groups is 4. The number of ether oxygens (including phenoxy) is 3. The molecular weight excluding hydrogens is 981 g/mol. The number of alkyl carbamates (subject to hydrolysis) is 2. The molecule has 3 aliphatic rings. The van der Waals surface area contributed by atoms with E-state index >= 15 is 8.78 Å². The number of halogens is 4. The summed E-state index contributed by atoms with van der Waals surface area (Å²) in [5.74, 6) is 3.37. The molecule has 3 aromatic rings. The molecular formula is C53H68F4N10O8. The fourth-order valence-electron chi connectivity index (χ4n) is 9.26. The molecule has 3 saturated heterocycles. The summed E-state index contributed by atoms with van der Waals surface area (Å²) in [6.07, 6.45) is 2.24. The van der Waals surface area contributed by atoms with Gasteiger partial charge < -0.3 is 45.9 Å². The number of methoxy groups -OCH3 is 2. The van der Waals surface area contributed by atoms with E-state index in [0.717, 1.165) is 75.1 Å². The van der Waals surface area contributed by atoms with E-state index in [9.17, 15) is 33.1 Å². The van der Waals surface area contributed by atoms with Gasteiger partial charge in [-0.25, -0.2) is 33.4 Å². The molecule has 7 N–H and O–H groups in total. The van der Waals surface area contributed by atoms with Crippen molar-refractivity contribution in [2.24, 2.45) is 21.6 Å². The summed E-state index contributed by atoms with van der Waals surface area (Å²) < 4.78 is 72.1. The Labute approximate surface area is 434 Å². The van der Waals surface area contributed by atoms with Crippen LogP contribution in [0.2, 0.25) is 0 Å². The number of nitrogens with two attached hydrogens (primary N) is 1. The second-order valence-corrected chi connectivity index (χ2v) is 21.0. The Kier molecular flexibility index (Phi) is 19.3. The zero-order valence-electron chi connectivity index (χ0n) is 43.5. The third kappa shape index (κ3) is 15.6. The van der Waals surface area contributed by atoms with E-state index in [1.807, 2.05) is 12.1 Å². The van der Waals surface area contributed by atoms with E-state index in [-0.39, 0.29) is 17.7 Å². The number of fused-ring (bicyclic) bond motifs is 2. The second-order valence-electron chi connectivity index (χ2n) is 21.0. The minimum absolute atomic E-state index is 0.0420. The Bertz CT molecular complexity index is 2580. The number of nitrogens with one attached hydrogen (secondary N) is 4. The number of hydrogen-bond acceptors (Lipinski definition) is 14. The minimum Gasteiger partial charge on any atom is -0.453 e. The highest BCUT2D eigenvalue weighted by Gasteiger charge is 2.45. The maximum Gasteiger partial charge on any atom is 0.407 e. The number of aromatic nitrogens is 1. The molecule has 0 saturated carbocycles. The average molecular weight is 1050 g/mol. The van der Waals surface area contributed by atoms with Crippen LogP contribution in [0.5, 0.6) is 0 Å². The van der Waals surface area contributed by atoms with Crippen molar-refractivity contribution in [3.05, 3.63) is 100 Å². The van der Waals surface area contributed by atoms with Gasteiger partial charge in [0.15, 0.2) is 0 Å². The van der Waals surface area contributed by atoms with E-state index in [4.69, 9.17) is 24.9 Å². The van der Waals surface area contributed by atoms with Crippen molar-refractivity contribution in [2.75, 3.05) is 52.0 Å². The molecule has 6 atom stereocenters. The van der Waals surface area contributed by atoms with Gasteiger partial charge in [0, 0.05) is 78.6 Å². The van der Waals surface area contributed by atoms with Crippen molar-refractivity contribution in [1.29, 1.82) is 0 Å². The molecule has 18 nitrogen and oxygen atoms in total. The molecule has 4 amide bonds. The number of amides is 4. The number of rotatable bonds is 18. The van der Waals surface area contributed by atoms with Gasteiger partial charge in [0.1, 0.15) is 29.5 Å². The third-order valence-electron chi connectivity index (χ3n) is 13.3. The quantitative estimate of drug-likeness (QED) is 0.0330. The highest BCUT2D eigenvalue weighted by Crippen LogP contribution is 2.35. The van der Waals surface area contributed by atoms with Gasteiger partial charge in [-0.2, -0.15) is 8.78 Å². The summed E-state index contributed by atoms with van der Waals surface area (Å²) >= 11 is 0. The molecule has 2 aromatic carbocycles. The van der Waals surface area contributed by atoms with Crippen molar-refractivity contribution >= 4 is 41.7 Å². The number of alkyl halides is 2. The first-order valence-corrected chi connectivity index (χ1v) is 24.6. The molecule has 75 heavy (non-hydrogen) atoms. The monoisotopic (exact) mass is 1050 g/mol. The summed E-state index contributed by atoms with van der Waals surface area (Å²) in [7, 11) is 2.25. The maximum atomic E-state index is 15.9. The number of aliphatic hydroxyl groups excluding tert-OH is 1. The molecule has 3 aliphatic heterocycles. The number of aliphatic hydroxyl groups is 1. The maximum absolute atomic E-state index is 15.9. The standard InChI is InChI=1S/C53H68F4N10O8/c1-52(2,3)45(62-50(71)73-7)47(69)61-42(21-32-12-9-31(10-13-32)11-14-33-15-18-44(60-24-33)65-25-35-16-17-36(26-65)67(35)37-29-75-30-37)43(68)28-66(64-48(70)46(53(4,5)6)63-51(72)74-8)27-38-39(54)22-34(23-40(38)55)41(58)19-20-59-49(56)57/h9-10,12-13,15,18-20,22-24,35-37,42-43,45-46,49,68H,16-17,21,25-30,58H2,1-8H3,(H,61,69)(H,62,71)(H,63,72)(H,64,70)/t35?,36?,42-,43-,45?,46+/m0/s1. The van der Waals surface area contributed by atoms with Gasteiger partial charge in [0.25, 0.3) is 5.91 Å². The molecule has 22 heteroatoms. The number of pyridine rings is 1. The van der Waals surface area contributed by atoms with Crippen molar-refractivity contribution in [3.63, 3.8) is 0 Å². The van der Waals surface area contributed by atoms with Crippen LogP contribution in [0.3, 0.4) is 0 Å². The number of nitrogens with zero attached hydrogens (tertiary/aromatic N) is 5. The van der Waals surface area contributed by atoms with Crippen LogP contribution in [-0.4, -0.2) is 146 Å². The predicted molar refractivity (Wildman–Crippen MR) is 273 cm³/mol. The largest absolute Gasteiger partial charge is 0.453 e. The first kappa shape index (κ1) is 57.5. The number of carbonyl (C=O) groups excluding carboxylic acids is 4. The lowest BCUT2D eigenvalue weighted by Gasteiger charge is -2.47. The third-order valence-corrected chi connectivity index (χ3v) is 13.3. The SMILES string of the molecule is COC(=O)NC(C(=O)N[C@@H](Cc1ccc(C#Cc2ccc(N3CC4CCC(C3)N4C3COC3)nc2)cc1)[C@@H](O)CN(Cc1c(F)cc(C(N)=CC=NC(F)F)cc1F)NC(=O)[C@@H](NC(=O)OC)C(C)(C)C)C(C)(C)C. The first-order chi connectivity index (χ1) is 35.4. The summed E-state index contributed by atoms with van der Waals surface area (Å²) in [6, 6.07) is 10.5. The molecule has 6 rings (SSSR count). The normalized spacial score (nSPS) is 18.9. The molecule has 2 bridgehead atoms. The van der Waals surface area contributed by atoms with Gasteiger partial charge in [-0.05, 0) is 78.1 Å². The Hall–Kier alpha value is -6.80. The molecule has 0 spiro atoms. The van der Waals surface area contributed by atoms with Gasteiger partial charge in [-0.15, -0.1) is 0 Å². The van der Waals surface area contributed by atoms with E-state index in [1.165, 1.54) is 12.8 Å². The average Bonchev–Trinajstić information content (AvgIpc) is 3.56. The molecule has 3 unspecified atom stereocenters. The van der Waals surface area contributed by atoms with E-state index in [0.29, 0.717) is 35.5 Å². The van der Waals surface area contributed by atoms with Gasteiger partial charge >= 0.3 is 18.7 Å². The van der Waals surface area contributed by atoms with Crippen molar-refractivity contribution in [2.45, 2.75) is 116 Å². The number of benzene rings is 2. The Morgan fingerprint density at radius 2 is 1.43 bits per heavy atom. The number of piperazine rings is 1. The fraction of sp³-hybridized carbons (Fsp3) is 0.509. The Morgan fingerprint density at radius 1 is 0.867 bits per heavy atom. The smallest absolute Gasteiger partial charge is 0.407 e. The van der Waals surface area contributed by atoms with Crippen LogP contribution in [0.15, 0.2) is 65.8 Å². The molecule has 0 aliphatic carbocycles. The first-order valence-electron chi connectivity index (χ1n) is 24.6. The van der Waals surface area contributed by atoms with E-state index < -0.39 is 95.9 Å². The Balaban J connectivity index is 1.25. The molecule has 1 aromatic heterocycles. The molecule has 0 radical (unpaired) electrons. The van der Waals surface area contributed by atoms with Crippen molar-refractivity contribution < 1.29 is 56.1 Å². The lowest BCUT2D eigenvalue weighted by molar-refractivity contribution is -0.132. The van der Waals surface area contributed by atoms with Crippen molar-refractivity contribution in [3.8, 4) is 11.8 Å². The number of anilines is 1. The summed E-state index contributed by atoms with van der Waals surface area (Å²) in [5.41, 5.74) is 7.55. The summed E-state index contributed by atoms with van der Waals surface area (Å²) in [5, 5.41) is 21.0. The number of aliphatic imine (C=N–C) groups is 1. The van der Waals surface area contributed by atoms with Gasteiger partial charge in [0.2, 0.25) is 5.91 Å². The second kappa shape index (κ2) is 25.2. The van der Waals surface area contributed by atoms with Crippen LogP contribution >= 0.6 is 0 Å². The molecule has 4 heterocycles. The number of allylic oxidation sites excluding steroid dienone is 1. The van der Waals surface area contributed by atoms with Crippen LogP contribution in [0, 0.1) is 34.3 Å². The van der Waals surface area contributed by atoms with Crippen LogP contribution in [0.4, 0.5) is 33.0 Å². The summed E-state index contributed by atoms with van der Waals surface area (Å²) in [6.45, 7) is 9.16. The Morgan fingerprint density at radius 3 is 1.93 bits per heavy atom. The van der Waals surface area contributed by atoms with Gasteiger partial charge in [-0.3, -0.25) is 19.9 Å². The number of hydrazine groups is 1. The van der Waals surface area contributed by atoms with Crippen LogP contribution < -0.4 is 32.0 Å². The highest BCUT2D eigenvalue weighted by molar-refractivity contribution is 5.87. The highest BCUT2D eigenvalue weighted by atomic mass is 19.3. The molecule has 3 fully saturated rings.